The van der Waals surface area contributed by atoms with E-state index >= 15 is 0 Å². The van der Waals surface area contributed by atoms with Gasteiger partial charge in [-0.15, -0.1) is 0 Å². The van der Waals surface area contributed by atoms with Gasteiger partial charge in [-0.3, -0.25) is 4.90 Å². The van der Waals surface area contributed by atoms with Crippen LogP contribution in [-0.4, -0.2) is 39.2 Å². The zero-order valence-corrected chi connectivity index (χ0v) is 16.5. The molecule has 0 aliphatic carbocycles. The van der Waals surface area contributed by atoms with Gasteiger partial charge in [0.05, 0.1) is 18.5 Å². The fraction of sp³-hybridized carbons (Fsp3) is 0.429. The van der Waals surface area contributed by atoms with Gasteiger partial charge in [0, 0.05) is 13.0 Å². The Hall–Kier alpha value is -2.09. The molecule has 7 heteroatoms. The third-order valence-corrected chi connectivity index (χ3v) is 7.53. The van der Waals surface area contributed by atoms with Crippen molar-refractivity contribution < 1.29 is 13.2 Å². The Bertz CT molecular complexity index is 984. The highest BCUT2D eigenvalue weighted by Crippen LogP contribution is 2.31. The highest BCUT2D eigenvalue weighted by atomic mass is 32.2. The molecule has 0 radical (unpaired) electrons. The van der Waals surface area contributed by atoms with E-state index in [4.69, 9.17) is 4.74 Å². The largest absolute Gasteiger partial charge is 0.493 e. The van der Waals surface area contributed by atoms with E-state index in [0.29, 0.717) is 10.6 Å². The van der Waals surface area contributed by atoms with Crippen molar-refractivity contribution in [3.05, 3.63) is 53.6 Å². The number of hydrogen-bond donors (Lipinski definition) is 2. The van der Waals surface area contributed by atoms with Crippen molar-refractivity contribution in [1.29, 1.82) is 0 Å². The first-order valence-corrected chi connectivity index (χ1v) is 11.4. The number of fused-ring (bicyclic) bond motifs is 2. The molecule has 0 spiro atoms. The minimum absolute atomic E-state index is 0.237. The third-order valence-electron chi connectivity index (χ3n) is 6.03. The van der Waals surface area contributed by atoms with Crippen LogP contribution in [0.15, 0.2) is 47.4 Å². The van der Waals surface area contributed by atoms with Gasteiger partial charge in [0.15, 0.2) is 0 Å². The average molecular weight is 400 g/mol. The molecule has 148 valence electrons. The summed E-state index contributed by atoms with van der Waals surface area (Å²) in [6.07, 6.45) is 2.70. The summed E-state index contributed by atoms with van der Waals surface area (Å²) in [5.41, 5.74) is 3.34. The number of likely N-dealkylation sites (tertiary alicyclic amines) is 1. The first kappa shape index (κ1) is 18.0. The molecule has 3 heterocycles. The highest BCUT2D eigenvalue weighted by molar-refractivity contribution is 7.89. The number of piperidine rings is 1. The maximum Gasteiger partial charge on any atom is 0.244 e. The first-order valence-electron chi connectivity index (χ1n) is 9.93. The number of ether oxygens (including phenoxy) is 1. The van der Waals surface area contributed by atoms with Crippen molar-refractivity contribution in [2.75, 3.05) is 25.0 Å². The lowest BCUT2D eigenvalue weighted by atomic mass is 9.93. The lowest BCUT2D eigenvalue weighted by Gasteiger charge is -2.39. The number of benzene rings is 2. The Morgan fingerprint density at radius 2 is 1.93 bits per heavy atom. The minimum Gasteiger partial charge on any atom is -0.493 e. The molecule has 2 aromatic rings. The lowest BCUT2D eigenvalue weighted by molar-refractivity contribution is 0.163. The van der Waals surface area contributed by atoms with Crippen molar-refractivity contribution in [3.63, 3.8) is 0 Å². The summed E-state index contributed by atoms with van der Waals surface area (Å²) in [6, 6.07) is 13.6. The van der Waals surface area contributed by atoms with Gasteiger partial charge in [-0.05, 0) is 61.2 Å². The van der Waals surface area contributed by atoms with E-state index in [1.807, 2.05) is 12.1 Å². The van der Waals surface area contributed by atoms with Gasteiger partial charge in [0.1, 0.15) is 10.6 Å². The summed E-state index contributed by atoms with van der Waals surface area (Å²) in [5.74, 6) is 1.31. The molecule has 3 aliphatic rings. The lowest BCUT2D eigenvalue weighted by Crippen LogP contribution is -2.51. The summed E-state index contributed by atoms with van der Waals surface area (Å²) in [4.78, 5) is 2.79. The Morgan fingerprint density at radius 3 is 2.79 bits per heavy atom. The molecule has 1 unspecified atom stereocenters. The number of nitrogens with one attached hydrogen (secondary N) is 2. The number of nitrogens with zero attached hydrogens (tertiary/aromatic N) is 1. The predicted molar refractivity (Wildman–Crippen MR) is 108 cm³/mol. The molecule has 1 fully saturated rings. The molecule has 0 aromatic heterocycles. The standard InChI is InChI=1S/C21H25N3O3S/c25-28(26)20-4-2-1-3-18(20)22-21(23-28)16-7-10-24(11-8-16)14-15-5-6-19-17(13-15)9-12-27-19/h1-6,13,16,21-23H,7-12,14H2. The summed E-state index contributed by atoms with van der Waals surface area (Å²) in [7, 11) is -3.45. The van der Waals surface area contributed by atoms with Crippen LogP contribution in [0.1, 0.15) is 24.0 Å². The fourth-order valence-corrected chi connectivity index (χ4v) is 5.89. The molecular weight excluding hydrogens is 374 g/mol. The highest BCUT2D eigenvalue weighted by Gasteiger charge is 2.35. The summed E-state index contributed by atoms with van der Waals surface area (Å²) >= 11 is 0. The molecule has 2 N–H and O–H groups in total. The second-order valence-corrected chi connectivity index (χ2v) is 9.58. The molecule has 28 heavy (non-hydrogen) atoms. The Balaban J connectivity index is 1.22. The normalized spacial score (nSPS) is 24.1. The second-order valence-electron chi connectivity index (χ2n) is 7.89. The van der Waals surface area contributed by atoms with Crippen molar-refractivity contribution >= 4 is 15.7 Å². The minimum atomic E-state index is -3.45. The summed E-state index contributed by atoms with van der Waals surface area (Å²) in [6.45, 7) is 3.67. The van der Waals surface area contributed by atoms with E-state index in [1.165, 1.54) is 11.1 Å². The van der Waals surface area contributed by atoms with Gasteiger partial charge in [-0.1, -0.05) is 24.3 Å². The predicted octanol–water partition coefficient (Wildman–Crippen LogP) is 2.56. The van der Waals surface area contributed by atoms with Crippen LogP contribution < -0.4 is 14.8 Å². The van der Waals surface area contributed by atoms with Gasteiger partial charge in [0.25, 0.3) is 0 Å². The molecule has 0 saturated carbocycles. The quantitative estimate of drug-likeness (QED) is 0.830. The molecule has 0 bridgehead atoms. The van der Waals surface area contributed by atoms with Crippen LogP contribution >= 0.6 is 0 Å². The van der Waals surface area contributed by atoms with E-state index in [1.54, 1.807) is 12.1 Å². The van der Waals surface area contributed by atoms with E-state index in [9.17, 15) is 8.42 Å². The second kappa shape index (κ2) is 7.06. The van der Waals surface area contributed by atoms with Crippen LogP contribution in [0, 0.1) is 5.92 Å². The van der Waals surface area contributed by atoms with Crippen LogP contribution in [-0.2, 0) is 23.0 Å². The van der Waals surface area contributed by atoms with Crippen LogP contribution in [0.25, 0.3) is 0 Å². The molecule has 1 atom stereocenters. The number of hydrogen-bond acceptors (Lipinski definition) is 5. The van der Waals surface area contributed by atoms with Gasteiger partial charge in [-0.2, -0.15) is 4.72 Å². The maximum absolute atomic E-state index is 12.6. The van der Waals surface area contributed by atoms with E-state index in [2.05, 4.69) is 33.1 Å². The molecule has 3 aliphatic heterocycles. The fourth-order valence-electron chi connectivity index (χ4n) is 4.50. The first-order chi connectivity index (χ1) is 13.6. The maximum atomic E-state index is 12.6. The topological polar surface area (TPSA) is 70.7 Å². The van der Waals surface area contributed by atoms with Crippen molar-refractivity contribution in [3.8, 4) is 5.75 Å². The Labute approximate surface area is 165 Å². The number of sulfonamides is 1. The monoisotopic (exact) mass is 399 g/mol. The van der Waals surface area contributed by atoms with Crippen molar-refractivity contribution in [2.45, 2.75) is 36.9 Å². The number of anilines is 1. The molecule has 0 amide bonds. The molecule has 2 aromatic carbocycles. The third kappa shape index (κ3) is 3.38. The molecule has 6 nitrogen and oxygen atoms in total. The Kier molecular flexibility index (Phi) is 4.53. The number of para-hydroxylation sites is 1. The van der Waals surface area contributed by atoms with Gasteiger partial charge >= 0.3 is 0 Å². The van der Waals surface area contributed by atoms with Crippen LogP contribution in [0.4, 0.5) is 5.69 Å². The summed E-state index contributed by atoms with van der Waals surface area (Å²) < 4.78 is 33.5. The zero-order valence-electron chi connectivity index (χ0n) is 15.7. The smallest absolute Gasteiger partial charge is 0.244 e. The van der Waals surface area contributed by atoms with E-state index < -0.39 is 10.0 Å². The molecule has 5 rings (SSSR count). The van der Waals surface area contributed by atoms with Crippen molar-refractivity contribution in [1.82, 2.24) is 9.62 Å². The Morgan fingerprint density at radius 1 is 1.11 bits per heavy atom. The molecule has 1 saturated heterocycles. The van der Waals surface area contributed by atoms with Gasteiger partial charge < -0.3 is 10.1 Å². The zero-order chi connectivity index (χ0) is 19.1. The van der Waals surface area contributed by atoms with Crippen LogP contribution in [0.2, 0.25) is 0 Å². The van der Waals surface area contributed by atoms with Crippen molar-refractivity contribution in [2.24, 2.45) is 5.92 Å². The molecular formula is C21H25N3O3S. The van der Waals surface area contributed by atoms with Crippen LogP contribution in [0.5, 0.6) is 5.75 Å². The number of rotatable bonds is 3. The van der Waals surface area contributed by atoms with E-state index in [0.717, 1.165) is 51.3 Å². The SMILES string of the molecule is O=S1(=O)NC(C2CCN(Cc3ccc4c(c3)CCO4)CC2)Nc2ccccc21. The van der Waals surface area contributed by atoms with E-state index in [-0.39, 0.29) is 12.1 Å². The van der Waals surface area contributed by atoms with Gasteiger partial charge in [-0.25, -0.2) is 8.42 Å². The van der Waals surface area contributed by atoms with Gasteiger partial charge in [0.2, 0.25) is 10.0 Å². The van der Waals surface area contributed by atoms with Crippen LogP contribution in [0.3, 0.4) is 0 Å². The average Bonchev–Trinajstić information content (AvgIpc) is 3.16. The summed E-state index contributed by atoms with van der Waals surface area (Å²) in [5, 5.41) is 3.39.